The minimum atomic E-state index is -0.106. The zero-order valence-corrected chi connectivity index (χ0v) is 8.83. The number of ether oxygens (including phenoxy) is 3. The summed E-state index contributed by atoms with van der Waals surface area (Å²) in [7, 11) is 1.58. The van der Waals surface area contributed by atoms with Gasteiger partial charge >= 0.3 is 0 Å². The Morgan fingerprint density at radius 1 is 1.38 bits per heavy atom. The Labute approximate surface area is 92.3 Å². The molecule has 0 saturated heterocycles. The lowest BCUT2D eigenvalue weighted by Gasteiger charge is -2.19. The zero-order valence-electron chi connectivity index (χ0n) is 8.83. The summed E-state index contributed by atoms with van der Waals surface area (Å²) in [6.45, 7) is 0.782. The van der Waals surface area contributed by atoms with Gasteiger partial charge in [-0.3, -0.25) is 4.79 Å². The largest absolute Gasteiger partial charge is 0.493 e. The molecule has 0 saturated carbocycles. The number of benzene rings is 1. The molecule has 2 aliphatic rings. The Morgan fingerprint density at radius 2 is 2.19 bits per heavy atom. The number of carbonyl (C=O) groups excluding carboxylic acids is 1. The monoisotopic (exact) mass is 221 g/mol. The van der Waals surface area contributed by atoms with Crippen molar-refractivity contribution in [3.63, 3.8) is 0 Å². The molecule has 5 nitrogen and oxygen atoms in total. The molecule has 3 rings (SSSR count). The third-order valence-electron chi connectivity index (χ3n) is 2.82. The van der Waals surface area contributed by atoms with Crippen LogP contribution in [0.3, 0.4) is 0 Å². The van der Waals surface area contributed by atoms with Gasteiger partial charge in [-0.25, -0.2) is 0 Å². The Bertz CT molecular complexity index is 470. The van der Waals surface area contributed by atoms with E-state index in [0.717, 1.165) is 12.0 Å². The van der Waals surface area contributed by atoms with Crippen molar-refractivity contribution in [3.05, 3.63) is 17.2 Å². The fourth-order valence-corrected chi connectivity index (χ4v) is 2.09. The van der Waals surface area contributed by atoms with Gasteiger partial charge in [-0.1, -0.05) is 0 Å². The Balaban J connectivity index is 2.25. The number of fused-ring (bicyclic) bond motifs is 3. The van der Waals surface area contributed by atoms with Crippen LogP contribution in [0.1, 0.15) is 15.9 Å². The van der Waals surface area contributed by atoms with Crippen molar-refractivity contribution in [3.8, 4) is 17.2 Å². The molecule has 84 valence electrons. The third-order valence-corrected chi connectivity index (χ3v) is 2.82. The van der Waals surface area contributed by atoms with Crippen molar-refractivity contribution in [1.82, 2.24) is 5.32 Å². The highest BCUT2D eigenvalue weighted by Crippen LogP contribution is 2.45. The van der Waals surface area contributed by atoms with E-state index in [0.29, 0.717) is 29.4 Å². The number of hydrogen-bond donors (Lipinski definition) is 1. The van der Waals surface area contributed by atoms with Gasteiger partial charge in [-0.2, -0.15) is 0 Å². The molecule has 0 radical (unpaired) electrons. The average molecular weight is 221 g/mol. The van der Waals surface area contributed by atoms with Gasteiger partial charge in [0, 0.05) is 6.54 Å². The fraction of sp³-hybridized carbons (Fsp3) is 0.364. The normalized spacial score (nSPS) is 16.7. The summed E-state index contributed by atoms with van der Waals surface area (Å²) in [5, 5.41) is 2.79. The number of carbonyl (C=O) groups is 1. The molecule has 0 aliphatic carbocycles. The highest BCUT2D eigenvalue weighted by Gasteiger charge is 2.31. The summed E-state index contributed by atoms with van der Waals surface area (Å²) < 4.78 is 15.9. The maximum absolute atomic E-state index is 11.8. The topological polar surface area (TPSA) is 56.8 Å². The van der Waals surface area contributed by atoms with Crippen molar-refractivity contribution < 1.29 is 19.0 Å². The Morgan fingerprint density at radius 3 is 3.00 bits per heavy atom. The molecule has 2 heterocycles. The first-order chi connectivity index (χ1) is 7.81. The van der Waals surface area contributed by atoms with Gasteiger partial charge in [-0.05, 0) is 18.1 Å². The average Bonchev–Trinajstić information content (AvgIpc) is 2.76. The minimum absolute atomic E-state index is 0.106. The van der Waals surface area contributed by atoms with Gasteiger partial charge < -0.3 is 19.5 Å². The van der Waals surface area contributed by atoms with Crippen LogP contribution in [-0.4, -0.2) is 26.4 Å². The van der Waals surface area contributed by atoms with E-state index in [-0.39, 0.29) is 12.7 Å². The van der Waals surface area contributed by atoms with Crippen molar-refractivity contribution in [2.45, 2.75) is 6.42 Å². The lowest BCUT2D eigenvalue weighted by Crippen LogP contribution is -2.32. The van der Waals surface area contributed by atoms with E-state index in [1.807, 2.05) is 6.07 Å². The van der Waals surface area contributed by atoms with Gasteiger partial charge in [0.1, 0.15) is 0 Å². The van der Waals surface area contributed by atoms with Gasteiger partial charge in [0.2, 0.25) is 12.5 Å². The maximum atomic E-state index is 11.8. The molecule has 1 N–H and O–H groups in total. The molecule has 1 amide bonds. The molecule has 0 fully saturated rings. The second-order valence-electron chi connectivity index (χ2n) is 3.68. The lowest BCUT2D eigenvalue weighted by atomic mass is 9.98. The molecular formula is C11H11NO4. The minimum Gasteiger partial charge on any atom is -0.493 e. The molecule has 0 spiro atoms. The standard InChI is InChI=1S/C11H11NO4/c1-14-7-4-6-2-3-12-11(13)8(6)10-9(7)15-5-16-10/h4H,2-3,5H2,1H3,(H,12,13). The van der Waals surface area contributed by atoms with Crippen LogP contribution in [0.15, 0.2) is 6.07 Å². The molecule has 0 aromatic heterocycles. The number of methoxy groups -OCH3 is 1. The number of amides is 1. The first kappa shape index (κ1) is 9.33. The molecule has 1 aromatic rings. The molecule has 2 aliphatic heterocycles. The summed E-state index contributed by atoms with van der Waals surface area (Å²) in [5.74, 6) is 1.55. The van der Waals surface area contributed by atoms with Crippen LogP contribution in [0, 0.1) is 0 Å². The molecule has 0 unspecified atom stereocenters. The summed E-state index contributed by atoms with van der Waals surface area (Å²) in [6, 6.07) is 1.85. The summed E-state index contributed by atoms with van der Waals surface area (Å²) >= 11 is 0. The first-order valence-electron chi connectivity index (χ1n) is 5.09. The van der Waals surface area contributed by atoms with Gasteiger partial charge in [0.05, 0.1) is 12.7 Å². The maximum Gasteiger partial charge on any atom is 0.255 e. The predicted molar refractivity (Wildman–Crippen MR) is 55.2 cm³/mol. The smallest absolute Gasteiger partial charge is 0.255 e. The summed E-state index contributed by atoms with van der Waals surface area (Å²) in [5.41, 5.74) is 1.53. The van der Waals surface area contributed by atoms with E-state index in [1.54, 1.807) is 7.11 Å². The SMILES string of the molecule is COc1cc2c(c3c1OCO3)C(=O)NCC2. The quantitative estimate of drug-likeness (QED) is 0.758. The highest BCUT2D eigenvalue weighted by atomic mass is 16.7. The van der Waals surface area contributed by atoms with E-state index in [2.05, 4.69) is 5.32 Å². The van der Waals surface area contributed by atoms with E-state index in [1.165, 1.54) is 0 Å². The zero-order chi connectivity index (χ0) is 11.1. The molecular weight excluding hydrogens is 210 g/mol. The van der Waals surface area contributed by atoms with Crippen LogP contribution in [0.5, 0.6) is 17.2 Å². The van der Waals surface area contributed by atoms with Gasteiger partial charge in [-0.15, -0.1) is 0 Å². The Hall–Kier alpha value is -1.91. The molecule has 0 atom stereocenters. The van der Waals surface area contributed by atoms with Crippen molar-refractivity contribution in [1.29, 1.82) is 0 Å². The van der Waals surface area contributed by atoms with E-state index >= 15 is 0 Å². The van der Waals surface area contributed by atoms with Gasteiger partial charge in [0.25, 0.3) is 5.91 Å². The van der Waals surface area contributed by atoms with Crippen molar-refractivity contribution >= 4 is 5.91 Å². The first-order valence-corrected chi connectivity index (χ1v) is 5.09. The van der Waals surface area contributed by atoms with Crippen LogP contribution >= 0.6 is 0 Å². The van der Waals surface area contributed by atoms with Crippen LogP contribution in [-0.2, 0) is 6.42 Å². The number of hydrogen-bond acceptors (Lipinski definition) is 4. The number of nitrogens with one attached hydrogen (secondary N) is 1. The third kappa shape index (κ3) is 1.14. The molecule has 16 heavy (non-hydrogen) atoms. The Kier molecular flexibility index (Phi) is 1.92. The van der Waals surface area contributed by atoms with E-state index < -0.39 is 0 Å². The highest BCUT2D eigenvalue weighted by molar-refractivity contribution is 6.01. The molecule has 0 bridgehead atoms. The fourth-order valence-electron chi connectivity index (χ4n) is 2.09. The van der Waals surface area contributed by atoms with Crippen LogP contribution in [0.4, 0.5) is 0 Å². The van der Waals surface area contributed by atoms with Crippen molar-refractivity contribution in [2.24, 2.45) is 0 Å². The second kappa shape index (κ2) is 3.30. The van der Waals surface area contributed by atoms with Crippen LogP contribution < -0.4 is 19.5 Å². The summed E-state index contributed by atoms with van der Waals surface area (Å²) in [6.07, 6.45) is 0.786. The number of rotatable bonds is 1. The predicted octanol–water partition coefficient (Wildman–Crippen LogP) is 0.710. The van der Waals surface area contributed by atoms with E-state index in [9.17, 15) is 4.79 Å². The summed E-state index contributed by atoms with van der Waals surface area (Å²) in [4.78, 5) is 11.8. The molecule has 1 aromatic carbocycles. The van der Waals surface area contributed by atoms with E-state index in [4.69, 9.17) is 14.2 Å². The molecule has 5 heteroatoms. The second-order valence-corrected chi connectivity index (χ2v) is 3.68. The van der Waals surface area contributed by atoms with Crippen LogP contribution in [0.25, 0.3) is 0 Å². The van der Waals surface area contributed by atoms with Crippen molar-refractivity contribution in [2.75, 3.05) is 20.4 Å². The van der Waals surface area contributed by atoms with Gasteiger partial charge in [0.15, 0.2) is 11.5 Å². The van der Waals surface area contributed by atoms with Crippen LogP contribution in [0.2, 0.25) is 0 Å². The lowest BCUT2D eigenvalue weighted by molar-refractivity contribution is 0.0941.